The van der Waals surface area contributed by atoms with Gasteiger partial charge in [-0.25, -0.2) is 0 Å². The normalized spacial score (nSPS) is 12.4. The number of fused-ring (bicyclic) bond motifs is 1. The lowest BCUT2D eigenvalue weighted by molar-refractivity contribution is -0.121. The molecule has 2 aromatic carbocycles. The molecule has 0 bridgehead atoms. The number of nitrogens with zero attached hydrogens (tertiary/aromatic N) is 1. The highest BCUT2D eigenvalue weighted by atomic mass is 79.9. The van der Waals surface area contributed by atoms with Gasteiger partial charge >= 0.3 is 0 Å². The average molecular weight is 518 g/mol. The number of amides is 4. The van der Waals surface area contributed by atoms with Crippen LogP contribution < -0.4 is 20.1 Å². The number of methoxy groups -OCH3 is 2. The summed E-state index contributed by atoms with van der Waals surface area (Å²) in [4.78, 5) is 50.3. The Kier molecular flexibility index (Phi) is 8.05. The van der Waals surface area contributed by atoms with Crippen molar-refractivity contribution < 1.29 is 28.7 Å². The molecule has 0 saturated carbocycles. The van der Waals surface area contributed by atoms with E-state index in [0.29, 0.717) is 34.6 Å². The second-order valence-electron chi connectivity index (χ2n) is 7.23. The van der Waals surface area contributed by atoms with Gasteiger partial charge in [-0.15, -0.1) is 0 Å². The number of nitrogens with one attached hydrogen (secondary N) is 2. The van der Waals surface area contributed by atoms with Gasteiger partial charge in [-0.2, -0.15) is 0 Å². The molecule has 10 heteroatoms. The van der Waals surface area contributed by atoms with E-state index < -0.39 is 0 Å². The summed E-state index contributed by atoms with van der Waals surface area (Å²) in [7, 11) is 3.00. The van der Waals surface area contributed by atoms with Crippen LogP contribution in [-0.4, -0.2) is 62.4 Å². The summed E-state index contributed by atoms with van der Waals surface area (Å²) in [5.74, 6) is -0.257. The average Bonchev–Trinajstić information content (AvgIpc) is 3.05. The van der Waals surface area contributed by atoms with Crippen molar-refractivity contribution in [2.24, 2.45) is 0 Å². The second-order valence-corrected chi connectivity index (χ2v) is 8.15. The molecule has 0 aliphatic carbocycles. The van der Waals surface area contributed by atoms with Crippen LogP contribution in [0.15, 0.2) is 40.9 Å². The fourth-order valence-corrected chi connectivity index (χ4v) is 3.77. The van der Waals surface area contributed by atoms with E-state index in [-0.39, 0.29) is 49.7 Å². The molecule has 0 aromatic heterocycles. The summed E-state index contributed by atoms with van der Waals surface area (Å²) in [6, 6.07) is 9.78. The Hall–Kier alpha value is -3.40. The van der Waals surface area contributed by atoms with Crippen LogP contribution in [0.1, 0.15) is 43.9 Å². The Morgan fingerprint density at radius 2 is 1.61 bits per heavy atom. The first-order valence-corrected chi connectivity index (χ1v) is 11.1. The Morgan fingerprint density at radius 1 is 0.909 bits per heavy atom. The number of halogens is 1. The van der Waals surface area contributed by atoms with Crippen LogP contribution in [0.3, 0.4) is 0 Å². The number of rotatable bonds is 10. The Labute approximate surface area is 199 Å². The van der Waals surface area contributed by atoms with Gasteiger partial charge in [-0.1, -0.05) is 15.9 Å². The number of carbonyl (C=O) groups is 4. The Bertz CT molecular complexity index is 1090. The molecule has 0 radical (unpaired) electrons. The molecule has 2 aromatic rings. The second kappa shape index (κ2) is 11.0. The van der Waals surface area contributed by atoms with Crippen LogP contribution >= 0.6 is 15.9 Å². The van der Waals surface area contributed by atoms with E-state index in [1.807, 2.05) is 0 Å². The van der Waals surface area contributed by atoms with Crippen molar-refractivity contribution in [1.82, 2.24) is 15.5 Å². The fourth-order valence-electron chi connectivity index (χ4n) is 3.41. The number of carbonyl (C=O) groups excluding carboxylic acids is 4. The van der Waals surface area contributed by atoms with Crippen LogP contribution in [0.4, 0.5) is 0 Å². The van der Waals surface area contributed by atoms with Crippen LogP contribution in [0.25, 0.3) is 0 Å². The smallest absolute Gasteiger partial charge is 0.261 e. The topological polar surface area (TPSA) is 114 Å². The largest absolute Gasteiger partial charge is 0.493 e. The number of benzene rings is 2. The minimum Gasteiger partial charge on any atom is -0.493 e. The molecule has 1 heterocycles. The molecule has 0 fully saturated rings. The third-order valence-corrected chi connectivity index (χ3v) is 5.59. The van der Waals surface area contributed by atoms with Gasteiger partial charge in [-0.05, 0) is 42.8 Å². The molecular formula is C23H24BrN3O6. The van der Waals surface area contributed by atoms with Crippen molar-refractivity contribution >= 4 is 39.6 Å². The third kappa shape index (κ3) is 5.70. The molecule has 33 heavy (non-hydrogen) atoms. The van der Waals surface area contributed by atoms with Gasteiger partial charge in [0, 0.05) is 36.1 Å². The zero-order valence-electron chi connectivity index (χ0n) is 18.3. The van der Waals surface area contributed by atoms with Crippen LogP contribution in [-0.2, 0) is 4.79 Å². The zero-order chi connectivity index (χ0) is 24.0. The maximum atomic E-state index is 12.4. The highest BCUT2D eigenvalue weighted by Crippen LogP contribution is 2.28. The van der Waals surface area contributed by atoms with Crippen molar-refractivity contribution in [3.05, 3.63) is 57.6 Å². The molecule has 4 amide bonds. The predicted molar refractivity (Wildman–Crippen MR) is 124 cm³/mol. The molecule has 1 aliphatic heterocycles. The molecule has 0 spiro atoms. The van der Waals surface area contributed by atoms with Crippen LogP contribution in [0.2, 0.25) is 0 Å². The molecule has 0 saturated heterocycles. The number of hydrogen-bond donors (Lipinski definition) is 2. The van der Waals surface area contributed by atoms with E-state index in [0.717, 1.165) is 9.37 Å². The molecule has 174 valence electrons. The molecule has 0 atom stereocenters. The minimum atomic E-state index is -0.352. The quantitative estimate of drug-likeness (QED) is 0.369. The molecular weight excluding hydrogens is 494 g/mol. The van der Waals surface area contributed by atoms with E-state index in [1.54, 1.807) is 36.4 Å². The highest BCUT2D eigenvalue weighted by Gasteiger charge is 2.35. The minimum absolute atomic E-state index is 0.153. The van der Waals surface area contributed by atoms with Crippen LogP contribution in [0.5, 0.6) is 11.5 Å². The lowest BCUT2D eigenvalue weighted by Gasteiger charge is -2.13. The van der Waals surface area contributed by atoms with E-state index in [9.17, 15) is 19.2 Å². The van der Waals surface area contributed by atoms with Crippen molar-refractivity contribution in [2.75, 3.05) is 33.9 Å². The highest BCUT2D eigenvalue weighted by molar-refractivity contribution is 9.10. The summed E-state index contributed by atoms with van der Waals surface area (Å²) in [6.45, 7) is 0.651. The Balaban J connectivity index is 1.37. The summed E-state index contributed by atoms with van der Waals surface area (Å²) in [6.07, 6.45) is 0.497. The van der Waals surface area contributed by atoms with Crippen molar-refractivity contribution in [2.45, 2.75) is 12.8 Å². The zero-order valence-corrected chi connectivity index (χ0v) is 19.9. The van der Waals surface area contributed by atoms with Crippen molar-refractivity contribution in [3.8, 4) is 11.5 Å². The third-order valence-electron chi connectivity index (χ3n) is 5.10. The summed E-state index contributed by atoms with van der Waals surface area (Å²) >= 11 is 3.30. The van der Waals surface area contributed by atoms with Gasteiger partial charge in [-0.3, -0.25) is 24.1 Å². The SMILES string of the molecule is COc1ccc(C(=O)NCCNC(=O)CCCN2C(=O)c3ccc(Br)cc3C2=O)cc1OC. The number of hydrogen-bond acceptors (Lipinski definition) is 6. The van der Waals surface area contributed by atoms with Gasteiger partial charge in [0.05, 0.1) is 25.3 Å². The molecule has 3 rings (SSSR count). The summed E-state index contributed by atoms with van der Waals surface area (Å²) in [5.41, 5.74) is 1.15. The molecule has 2 N–H and O–H groups in total. The molecule has 0 unspecified atom stereocenters. The van der Waals surface area contributed by atoms with Gasteiger partial charge in [0.25, 0.3) is 17.7 Å². The van der Waals surface area contributed by atoms with Gasteiger partial charge in [0.2, 0.25) is 5.91 Å². The number of ether oxygens (including phenoxy) is 2. The van der Waals surface area contributed by atoms with Gasteiger partial charge in [0.1, 0.15) is 0 Å². The van der Waals surface area contributed by atoms with Gasteiger partial charge < -0.3 is 20.1 Å². The number of imide groups is 1. The van der Waals surface area contributed by atoms with Crippen LogP contribution in [0, 0.1) is 0 Å². The fraction of sp³-hybridized carbons (Fsp3) is 0.304. The van der Waals surface area contributed by atoms with E-state index >= 15 is 0 Å². The summed E-state index contributed by atoms with van der Waals surface area (Å²) < 4.78 is 11.1. The molecule has 9 nitrogen and oxygen atoms in total. The first-order valence-electron chi connectivity index (χ1n) is 10.3. The predicted octanol–water partition coefficient (Wildman–Crippen LogP) is 2.39. The van der Waals surface area contributed by atoms with Crippen molar-refractivity contribution in [1.29, 1.82) is 0 Å². The Morgan fingerprint density at radius 3 is 2.33 bits per heavy atom. The van der Waals surface area contributed by atoms with Gasteiger partial charge in [0.15, 0.2) is 11.5 Å². The maximum absolute atomic E-state index is 12.4. The standard InChI is InChI=1S/C23H24BrN3O6/c1-32-18-8-5-14(12-19(18)33-2)21(29)26-10-9-25-20(28)4-3-11-27-22(30)16-7-6-15(24)13-17(16)23(27)31/h5-8,12-13H,3-4,9-11H2,1-2H3,(H,25,28)(H,26,29). The van der Waals surface area contributed by atoms with E-state index in [1.165, 1.54) is 14.2 Å². The van der Waals surface area contributed by atoms with E-state index in [2.05, 4.69) is 26.6 Å². The lowest BCUT2D eigenvalue weighted by Crippen LogP contribution is -2.35. The first-order chi connectivity index (χ1) is 15.8. The van der Waals surface area contributed by atoms with Crippen molar-refractivity contribution in [3.63, 3.8) is 0 Å². The first kappa shape index (κ1) is 24.2. The monoisotopic (exact) mass is 517 g/mol. The summed E-state index contributed by atoms with van der Waals surface area (Å²) in [5, 5.41) is 5.43. The van der Waals surface area contributed by atoms with E-state index in [4.69, 9.17) is 9.47 Å². The maximum Gasteiger partial charge on any atom is 0.261 e. The molecule has 1 aliphatic rings. The lowest BCUT2D eigenvalue weighted by atomic mass is 10.1.